The second-order valence-electron chi connectivity index (χ2n) is 3.95. The molecule has 1 atom stereocenters. The zero-order valence-electron chi connectivity index (χ0n) is 9.37. The third-order valence-corrected chi connectivity index (χ3v) is 2.57. The maximum Gasteiger partial charge on any atom is 0.416 e. The van der Waals surface area contributed by atoms with Gasteiger partial charge in [0.1, 0.15) is 0 Å². The Morgan fingerprint density at radius 2 is 1.94 bits per heavy atom. The molecule has 0 aliphatic heterocycles. The Balaban J connectivity index is 2.71. The van der Waals surface area contributed by atoms with E-state index in [2.05, 4.69) is 0 Å². The van der Waals surface area contributed by atoms with Crippen molar-refractivity contribution in [3.63, 3.8) is 0 Å². The van der Waals surface area contributed by atoms with Gasteiger partial charge in [0.25, 0.3) is 0 Å². The molecule has 0 saturated carbocycles. The molecular weight excluding hydrogens is 231 g/mol. The number of hydrogen-bond acceptors (Lipinski definition) is 2. The summed E-state index contributed by atoms with van der Waals surface area (Å²) in [5.74, 6) is 0. The van der Waals surface area contributed by atoms with Gasteiger partial charge in [-0.05, 0) is 37.0 Å². The van der Waals surface area contributed by atoms with Gasteiger partial charge in [-0.1, -0.05) is 12.1 Å². The molecule has 3 N–H and O–H groups in total. The predicted molar refractivity (Wildman–Crippen MR) is 59.3 cm³/mol. The molecule has 0 aliphatic carbocycles. The number of benzene rings is 1. The fourth-order valence-electron chi connectivity index (χ4n) is 1.59. The zero-order valence-corrected chi connectivity index (χ0v) is 9.37. The van der Waals surface area contributed by atoms with Crippen LogP contribution in [0.1, 0.15) is 36.4 Å². The number of halogens is 3. The van der Waals surface area contributed by atoms with Gasteiger partial charge in [0, 0.05) is 12.6 Å². The molecule has 0 amide bonds. The highest BCUT2D eigenvalue weighted by atomic mass is 19.4. The van der Waals surface area contributed by atoms with E-state index in [1.807, 2.05) is 0 Å². The Labute approximate surface area is 98.3 Å². The smallest absolute Gasteiger partial charge is 0.396 e. The van der Waals surface area contributed by atoms with Crippen molar-refractivity contribution in [1.82, 2.24) is 0 Å². The second kappa shape index (κ2) is 6.02. The monoisotopic (exact) mass is 247 g/mol. The summed E-state index contributed by atoms with van der Waals surface area (Å²) in [5.41, 5.74) is 5.61. The van der Waals surface area contributed by atoms with Crippen LogP contribution in [0.3, 0.4) is 0 Å². The molecule has 96 valence electrons. The first-order valence-corrected chi connectivity index (χ1v) is 5.48. The van der Waals surface area contributed by atoms with Crippen molar-refractivity contribution in [2.75, 3.05) is 6.61 Å². The number of nitrogens with two attached hydrogens (primary N) is 1. The van der Waals surface area contributed by atoms with Crippen LogP contribution in [0.25, 0.3) is 0 Å². The molecule has 0 aliphatic rings. The summed E-state index contributed by atoms with van der Waals surface area (Å²) in [6, 6.07) is 4.67. The average molecular weight is 247 g/mol. The van der Waals surface area contributed by atoms with Crippen molar-refractivity contribution in [3.8, 4) is 0 Å². The molecule has 5 heteroatoms. The minimum atomic E-state index is -4.33. The standard InChI is InChI=1S/C12H16F3NO/c13-12(14,15)10-5-3-4-9(8-10)11(16)6-1-2-7-17/h3-5,8,11,17H,1-2,6-7,16H2/t11-/m0/s1. The van der Waals surface area contributed by atoms with Gasteiger partial charge >= 0.3 is 6.18 Å². The van der Waals surface area contributed by atoms with Crippen LogP contribution in [0.5, 0.6) is 0 Å². The third kappa shape index (κ3) is 4.36. The molecule has 17 heavy (non-hydrogen) atoms. The van der Waals surface area contributed by atoms with Crippen molar-refractivity contribution in [2.24, 2.45) is 5.73 Å². The number of aliphatic hydroxyl groups is 1. The van der Waals surface area contributed by atoms with E-state index in [1.165, 1.54) is 6.07 Å². The van der Waals surface area contributed by atoms with Crippen LogP contribution < -0.4 is 5.73 Å². The van der Waals surface area contributed by atoms with Crippen molar-refractivity contribution in [1.29, 1.82) is 0 Å². The maximum atomic E-state index is 12.5. The molecule has 0 fully saturated rings. The molecule has 0 saturated heterocycles. The highest BCUT2D eigenvalue weighted by Crippen LogP contribution is 2.31. The predicted octanol–water partition coefficient (Wildman–Crippen LogP) is 2.87. The average Bonchev–Trinajstić information content (AvgIpc) is 2.28. The summed E-state index contributed by atoms with van der Waals surface area (Å²) in [5, 5.41) is 8.61. The van der Waals surface area contributed by atoms with E-state index in [4.69, 9.17) is 10.8 Å². The minimum absolute atomic E-state index is 0.0787. The Hall–Kier alpha value is -1.07. The van der Waals surface area contributed by atoms with Gasteiger partial charge in [0.15, 0.2) is 0 Å². The molecular formula is C12H16F3NO. The lowest BCUT2D eigenvalue weighted by molar-refractivity contribution is -0.137. The molecule has 0 unspecified atom stereocenters. The number of unbranched alkanes of at least 4 members (excludes halogenated alkanes) is 1. The van der Waals surface area contributed by atoms with Gasteiger partial charge in [-0.2, -0.15) is 13.2 Å². The Morgan fingerprint density at radius 1 is 1.24 bits per heavy atom. The minimum Gasteiger partial charge on any atom is -0.396 e. The van der Waals surface area contributed by atoms with Crippen LogP contribution in [0.15, 0.2) is 24.3 Å². The van der Waals surface area contributed by atoms with Crippen LogP contribution in [0.4, 0.5) is 13.2 Å². The summed E-state index contributed by atoms with van der Waals surface area (Å²) in [4.78, 5) is 0. The molecule has 0 heterocycles. The van der Waals surface area contributed by atoms with Crippen LogP contribution >= 0.6 is 0 Å². The van der Waals surface area contributed by atoms with Crippen molar-refractivity contribution >= 4 is 0 Å². The highest BCUT2D eigenvalue weighted by molar-refractivity contribution is 5.27. The largest absolute Gasteiger partial charge is 0.416 e. The normalized spacial score (nSPS) is 13.7. The summed E-state index contributed by atoms with van der Waals surface area (Å²) in [6.07, 6.45) is -2.44. The number of rotatable bonds is 5. The summed E-state index contributed by atoms with van der Waals surface area (Å²) in [7, 11) is 0. The van der Waals surface area contributed by atoms with E-state index in [-0.39, 0.29) is 6.61 Å². The summed E-state index contributed by atoms with van der Waals surface area (Å²) >= 11 is 0. The van der Waals surface area contributed by atoms with E-state index < -0.39 is 17.8 Å². The van der Waals surface area contributed by atoms with Crippen molar-refractivity contribution < 1.29 is 18.3 Å². The van der Waals surface area contributed by atoms with Gasteiger partial charge in [-0.25, -0.2) is 0 Å². The quantitative estimate of drug-likeness (QED) is 0.786. The first-order valence-electron chi connectivity index (χ1n) is 5.48. The molecule has 2 nitrogen and oxygen atoms in total. The van der Waals surface area contributed by atoms with E-state index in [9.17, 15) is 13.2 Å². The van der Waals surface area contributed by atoms with E-state index >= 15 is 0 Å². The molecule has 1 rings (SSSR count). The van der Waals surface area contributed by atoms with Crippen LogP contribution in [-0.4, -0.2) is 11.7 Å². The Morgan fingerprint density at radius 3 is 2.53 bits per heavy atom. The van der Waals surface area contributed by atoms with Crippen molar-refractivity contribution in [3.05, 3.63) is 35.4 Å². The lowest BCUT2D eigenvalue weighted by Crippen LogP contribution is -2.12. The Bertz CT molecular complexity index is 352. The topological polar surface area (TPSA) is 46.2 Å². The third-order valence-electron chi connectivity index (χ3n) is 2.57. The van der Waals surface area contributed by atoms with Crippen LogP contribution in [0.2, 0.25) is 0 Å². The fraction of sp³-hybridized carbons (Fsp3) is 0.500. The summed E-state index contributed by atoms with van der Waals surface area (Å²) < 4.78 is 37.4. The van der Waals surface area contributed by atoms with E-state index in [0.29, 0.717) is 24.8 Å². The van der Waals surface area contributed by atoms with Gasteiger partial charge in [0.2, 0.25) is 0 Å². The maximum absolute atomic E-state index is 12.5. The van der Waals surface area contributed by atoms with E-state index in [0.717, 1.165) is 12.1 Å². The Kier molecular flexibility index (Phi) is 4.96. The number of aliphatic hydroxyl groups excluding tert-OH is 1. The number of alkyl halides is 3. The van der Waals surface area contributed by atoms with E-state index in [1.54, 1.807) is 6.07 Å². The molecule has 1 aromatic carbocycles. The number of hydrogen-bond donors (Lipinski definition) is 2. The van der Waals surface area contributed by atoms with Crippen molar-refractivity contribution in [2.45, 2.75) is 31.5 Å². The highest BCUT2D eigenvalue weighted by Gasteiger charge is 2.30. The van der Waals surface area contributed by atoms with Crippen LogP contribution in [-0.2, 0) is 6.18 Å². The first-order chi connectivity index (χ1) is 7.95. The molecule has 0 radical (unpaired) electrons. The van der Waals surface area contributed by atoms with Gasteiger partial charge in [-0.15, -0.1) is 0 Å². The molecule has 0 bridgehead atoms. The zero-order chi connectivity index (χ0) is 12.9. The lowest BCUT2D eigenvalue weighted by Gasteiger charge is -2.14. The fourth-order valence-corrected chi connectivity index (χ4v) is 1.59. The van der Waals surface area contributed by atoms with Crippen LogP contribution in [0, 0.1) is 0 Å². The van der Waals surface area contributed by atoms with Gasteiger partial charge in [-0.3, -0.25) is 0 Å². The van der Waals surface area contributed by atoms with Gasteiger partial charge < -0.3 is 10.8 Å². The first kappa shape index (κ1) is 14.0. The molecule has 1 aromatic rings. The van der Waals surface area contributed by atoms with Gasteiger partial charge in [0.05, 0.1) is 5.56 Å². The summed E-state index contributed by atoms with van der Waals surface area (Å²) in [6.45, 7) is 0.0787. The second-order valence-corrected chi connectivity index (χ2v) is 3.95. The molecule has 0 spiro atoms. The SMILES string of the molecule is N[C@@H](CCCCO)c1cccc(C(F)(F)F)c1. The lowest BCUT2D eigenvalue weighted by atomic mass is 10.00. The molecule has 0 aromatic heterocycles.